The van der Waals surface area contributed by atoms with E-state index in [4.69, 9.17) is 4.74 Å². The molecule has 2 rings (SSSR count). The van der Waals surface area contributed by atoms with Crippen molar-refractivity contribution in [1.82, 2.24) is 10.2 Å². The van der Waals surface area contributed by atoms with E-state index in [0.717, 1.165) is 19.3 Å². The zero-order valence-corrected chi connectivity index (χ0v) is 15.3. The van der Waals surface area contributed by atoms with Crippen LogP contribution >= 0.6 is 0 Å². The first-order valence-corrected chi connectivity index (χ1v) is 10.5. The Balaban J connectivity index is 1.90. The van der Waals surface area contributed by atoms with E-state index in [1.165, 1.54) is 0 Å². The molecule has 3 unspecified atom stereocenters. The number of hydrogen-bond donors (Lipinski definition) is 1. The maximum absolute atomic E-state index is 12.5. The summed E-state index contributed by atoms with van der Waals surface area (Å²) in [5, 5.41) is 3.09. The Labute approximate surface area is 139 Å². The molecule has 2 aliphatic rings. The molecule has 3 atom stereocenters. The number of urea groups is 1. The second-order valence-electron chi connectivity index (χ2n) is 7.28. The van der Waals surface area contributed by atoms with Crippen molar-refractivity contribution >= 4 is 15.9 Å². The van der Waals surface area contributed by atoms with Gasteiger partial charge < -0.3 is 15.0 Å². The summed E-state index contributed by atoms with van der Waals surface area (Å²) in [6.07, 6.45) is 3.38. The van der Waals surface area contributed by atoms with Crippen molar-refractivity contribution in [2.45, 2.75) is 64.6 Å². The molecule has 2 fully saturated rings. The molecule has 0 radical (unpaired) electrons. The van der Waals surface area contributed by atoms with Crippen LogP contribution in [0, 0.1) is 5.92 Å². The van der Waals surface area contributed by atoms with Crippen molar-refractivity contribution in [3.8, 4) is 0 Å². The Morgan fingerprint density at radius 1 is 1.30 bits per heavy atom. The summed E-state index contributed by atoms with van der Waals surface area (Å²) in [4.78, 5) is 14.2. The van der Waals surface area contributed by atoms with E-state index in [-0.39, 0.29) is 42.3 Å². The summed E-state index contributed by atoms with van der Waals surface area (Å²) >= 11 is 0. The second kappa shape index (κ2) is 7.83. The monoisotopic (exact) mass is 346 g/mol. The normalized spacial score (nSPS) is 31.7. The number of amides is 2. The average Bonchev–Trinajstić information content (AvgIpc) is 2.57. The van der Waals surface area contributed by atoms with Crippen LogP contribution in [0.4, 0.5) is 4.79 Å². The molecule has 2 aliphatic heterocycles. The molecule has 134 valence electrons. The number of sulfone groups is 1. The maximum Gasteiger partial charge on any atom is 0.317 e. The molecule has 0 spiro atoms. The topological polar surface area (TPSA) is 75.7 Å². The van der Waals surface area contributed by atoms with E-state index in [9.17, 15) is 13.2 Å². The van der Waals surface area contributed by atoms with Crippen LogP contribution in [-0.2, 0) is 14.6 Å². The third-order valence-electron chi connectivity index (χ3n) is 4.71. The number of carbonyl (C=O) groups excluding carboxylic acids is 1. The first kappa shape index (κ1) is 18.5. The highest BCUT2D eigenvalue weighted by molar-refractivity contribution is 7.91. The van der Waals surface area contributed by atoms with Gasteiger partial charge in [-0.05, 0) is 38.5 Å². The van der Waals surface area contributed by atoms with Gasteiger partial charge in [0.25, 0.3) is 0 Å². The summed E-state index contributed by atoms with van der Waals surface area (Å²) in [5.41, 5.74) is 0. The molecule has 6 nitrogen and oxygen atoms in total. The zero-order chi connectivity index (χ0) is 17.0. The summed E-state index contributed by atoms with van der Waals surface area (Å²) in [6.45, 7) is 7.22. The van der Waals surface area contributed by atoms with E-state index in [2.05, 4.69) is 19.2 Å². The summed E-state index contributed by atoms with van der Waals surface area (Å²) in [7, 11) is -3.02. The van der Waals surface area contributed by atoms with Crippen LogP contribution in [0.2, 0.25) is 0 Å². The lowest BCUT2D eigenvalue weighted by atomic mass is 9.96. The molecular weight excluding hydrogens is 316 g/mol. The highest BCUT2D eigenvalue weighted by Crippen LogP contribution is 2.21. The van der Waals surface area contributed by atoms with Crippen molar-refractivity contribution in [2.75, 3.05) is 24.7 Å². The third kappa shape index (κ3) is 5.64. The van der Waals surface area contributed by atoms with Crippen molar-refractivity contribution in [3.05, 3.63) is 0 Å². The van der Waals surface area contributed by atoms with Gasteiger partial charge in [-0.15, -0.1) is 0 Å². The molecule has 1 N–H and O–H groups in total. The Morgan fingerprint density at radius 3 is 2.74 bits per heavy atom. The predicted octanol–water partition coefficient (Wildman–Crippen LogP) is 1.80. The predicted molar refractivity (Wildman–Crippen MR) is 90.2 cm³/mol. The van der Waals surface area contributed by atoms with Crippen LogP contribution in [0.15, 0.2) is 0 Å². The van der Waals surface area contributed by atoms with E-state index >= 15 is 0 Å². The van der Waals surface area contributed by atoms with Gasteiger partial charge in [0.15, 0.2) is 9.84 Å². The first-order chi connectivity index (χ1) is 10.8. The fraction of sp³-hybridized carbons (Fsp3) is 0.938. The van der Waals surface area contributed by atoms with Crippen molar-refractivity contribution in [2.24, 2.45) is 5.92 Å². The third-order valence-corrected chi connectivity index (χ3v) is 6.37. The molecule has 0 aliphatic carbocycles. The zero-order valence-electron chi connectivity index (χ0n) is 14.5. The van der Waals surface area contributed by atoms with Gasteiger partial charge in [0.1, 0.15) is 0 Å². The van der Waals surface area contributed by atoms with Gasteiger partial charge in [0.05, 0.1) is 17.6 Å². The molecule has 2 heterocycles. The van der Waals surface area contributed by atoms with Crippen molar-refractivity contribution in [3.63, 3.8) is 0 Å². The lowest BCUT2D eigenvalue weighted by molar-refractivity contribution is -0.00824. The van der Waals surface area contributed by atoms with Crippen LogP contribution in [0.1, 0.15) is 46.5 Å². The molecule has 2 amide bonds. The summed E-state index contributed by atoms with van der Waals surface area (Å²) in [6, 6.07) is -0.0598. The Morgan fingerprint density at radius 2 is 2.04 bits per heavy atom. The lowest BCUT2D eigenvalue weighted by Crippen LogP contribution is -2.51. The number of rotatable bonds is 3. The van der Waals surface area contributed by atoms with Crippen LogP contribution in [-0.4, -0.2) is 62.2 Å². The smallest absolute Gasteiger partial charge is 0.317 e. The standard InChI is InChI=1S/C16H30N2O4S/c1-12(2)10-15-11-14(4-7-22-15)17-16(19)18-6-9-23(20,21)8-5-13(18)3/h12-15H,4-11H2,1-3H3,(H,17,19). The number of hydrogen-bond acceptors (Lipinski definition) is 4. The highest BCUT2D eigenvalue weighted by atomic mass is 32.2. The van der Waals surface area contributed by atoms with E-state index in [1.807, 2.05) is 6.92 Å². The number of ether oxygens (including phenoxy) is 1. The minimum Gasteiger partial charge on any atom is -0.378 e. The van der Waals surface area contributed by atoms with Gasteiger partial charge in [-0.1, -0.05) is 13.8 Å². The molecule has 2 saturated heterocycles. The Bertz CT molecular complexity index is 506. The molecule has 0 aromatic carbocycles. The van der Waals surface area contributed by atoms with Gasteiger partial charge in [0, 0.05) is 25.2 Å². The van der Waals surface area contributed by atoms with Gasteiger partial charge >= 0.3 is 6.03 Å². The first-order valence-electron chi connectivity index (χ1n) is 8.66. The van der Waals surface area contributed by atoms with Crippen LogP contribution in [0.25, 0.3) is 0 Å². The quantitative estimate of drug-likeness (QED) is 0.845. The molecule has 7 heteroatoms. The second-order valence-corrected chi connectivity index (χ2v) is 9.58. The van der Waals surface area contributed by atoms with E-state index in [1.54, 1.807) is 4.90 Å². The van der Waals surface area contributed by atoms with E-state index in [0.29, 0.717) is 18.9 Å². The Kier molecular flexibility index (Phi) is 6.31. The van der Waals surface area contributed by atoms with Crippen LogP contribution < -0.4 is 5.32 Å². The minimum absolute atomic E-state index is 0.0430. The fourth-order valence-electron chi connectivity index (χ4n) is 3.33. The van der Waals surface area contributed by atoms with Crippen LogP contribution in [0.5, 0.6) is 0 Å². The van der Waals surface area contributed by atoms with Crippen LogP contribution in [0.3, 0.4) is 0 Å². The van der Waals surface area contributed by atoms with Gasteiger partial charge in [-0.3, -0.25) is 0 Å². The van der Waals surface area contributed by atoms with Gasteiger partial charge in [0.2, 0.25) is 0 Å². The number of nitrogens with zero attached hydrogens (tertiary/aromatic N) is 1. The number of carbonyl (C=O) groups is 1. The Hall–Kier alpha value is -0.820. The minimum atomic E-state index is -3.02. The highest BCUT2D eigenvalue weighted by Gasteiger charge is 2.30. The molecule has 0 bridgehead atoms. The molecular formula is C16H30N2O4S. The van der Waals surface area contributed by atoms with Crippen molar-refractivity contribution in [1.29, 1.82) is 0 Å². The fourth-order valence-corrected chi connectivity index (χ4v) is 4.71. The van der Waals surface area contributed by atoms with Gasteiger partial charge in [-0.2, -0.15) is 0 Å². The average molecular weight is 346 g/mol. The van der Waals surface area contributed by atoms with Gasteiger partial charge in [-0.25, -0.2) is 13.2 Å². The molecule has 0 aromatic heterocycles. The SMILES string of the molecule is CC(C)CC1CC(NC(=O)N2CCS(=O)(=O)CCC2C)CCO1. The molecule has 23 heavy (non-hydrogen) atoms. The summed E-state index contributed by atoms with van der Waals surface area (Å²) in [5.74, 6) is 0.811. The number of nitrogens with one attached hydrogen (secondary N) is 1. The maximum atomic E-state index is 12.5. The summed E-state index contributed by atoms with van der Waals surface area (Å²) < 4.78 is 29.3. The molecule has 0 aromatic rings. The largest absolute Gasteiger partial charge is 0.378 e. The molecule has 0 saturated carbocycles. The lowest BCUT2D eigenvalue weighted by Gasteiger charge is -2.34. The van der Waals surface area contributed by atoms with E-state index < -0.39 is 9.84 Å². The van der Waals surface area contributed by atoms with Crippen molar-refractivity contribution < 1.29 is 17.9 Å².